The predicted octanol–water partition coefficient (Wildman–Crippen LogP) is 2.72. The fraction of sp³-hybridized carbons (Fsp3) is 0.647. The van der Waals surface area contributed by atoms with E-state index < -0.39 is 8.80 Å². The fourth-order valence-electron chi connectivity index (χ4n) is 2.92. The first-order valence-corrected chi connectivity index (χ1v) is 10.3. The molecule has 0 spiro atoms. The molecule has 0 N–H and O–H groups in total. The van der Waals surface area contributed by atoms with Crippen molar-refractivity contribution in [3.8, 4) is 0 Å². The molecule has 1 aliphatic rings. The lowest BCUT2D eigenvalue weighted by Crippen LogP contribution is -2.49. The first kappa shape index (κ1) is 18.6. The molecule has 1 atom stereocenters. The highest BCUT2D eigenvalue weighted by Crippen LogP contribution is 2.29. The van der Waals surface area contributed by atoms with Crippen LogP contribution < -0.4 is 0 Å². The van der Waals surface area contributed by atoms with Gasteiger partial charge in [0.2, 0.25) is 0 Å². The summed E-state index contributed by atoms with van der Waals surface area (Å²) >= 11 is 0. The monoisotopic (exact) mass is 339 g/mol. The van der Waals surface area contributed by atoms with Crippen LogP contribution in [0, 0.1) is 0 Å². The molecule has 1 fully saturated rings. The van der Waals surface area contributed by atoms with Crippen LogP contribution in [0.1, 0.15) is 25.0 Å². The molecular weight excluding hydrogens is 310 g/mol. The number of ether oxygens (including phenoxy) is 1. The van der Waals surface area contributed by atoms with Crippen LogP contribution in [0.25, 0.3) is 0 Å². The summed E-state index contributed by atoms with van der Waals surface area (Å²) in [5.41, 5.74) is 1.17. The Morgan fingerprint density at radius 1 is 1.22 bits per heavy atom. The minimum Gasteiger partial charge on any atom is -0.380 e. The second kappa shape index (κ2) is 9.51. The first-order chi connectivity index (χ1) is 11.2. The van der Waals surface area contributed by atoms with Crippen LogP contribution in [0.3, 0.4) is 0 Å². The van der Waals surface area contributed by atoms with Gasteiger partial charge in [-0.15, -0.1) is 0 Å². The molecule has 0 aliphatic carbocycles. The second-order valence-electron chi connectivity index (χ2n) is 5.71. The highest BCUT2D eigenvalue weighted by Gasteiger charge is 2.43. The van der Waals surface area contributed by atoms with E-state index in [1.54, 1.807) is 14.2 Å². The Labute approximate surface area is 140 Å². The number of hydrogen-bond acceptors (Lipinski definition) is 5. The minimum absolute atomic E-state index is 0.0373. The van der Waals surface area contributed by atoms with Crippen LogP contribution in [0.5, 0.6) is 0 Å². The van der Waals surface area contributed by atoms with E-state index >= 15 is 0 Å². The van der Waals surface area contributed by atoms with E-state index in [0.29, 0.717) is 0 Å². The summed E-state index contributed by atoms with van der Waals surface area (Å²) in [7, 11) is 0.817. The van der Waals surface area contributed by atoms with E-state index in [9.17, 15) is 0 Å². The third-order valence-electron chi connectivity index (χ3n) is 4.25. The van der Waals surface area contributed by atoms with Crippen molar-refractivity contribution >= 4 is 8.80 Å². The average Bonchev–Trinajstić information content (AvgIpc) is 2.58. The SMILES string of the molecule is CCOCCN1CCC[Si](OC)(OC)OC(c2ccccc2)C1. The standard InChI is InChI=1S/C17H29NO4Si/c1-4-21-13-12-18-11-8-14-23(19-2,20-3)22-17(15-18)16-9-6-5-7-10-16/h5-7,9-10,17H,4,8,11-15H2,1-3H3. The number of benzene rings is 1. The summed E-state index contributed by atoms with van der Waals surface area (Å²) in [6.45, 7) is 6.32. The molecule has 6 heteroatoms. The summed E-state index contributed by atoms with van der Waals surface area (Å²) in [5, 5.41) is 0. The summed E-state index contributed by atoms with van der Waals surface area (Å²) in [4.78, 5) is 2.41. The highest BCUT2D eigenvalue weighted by molar-refractivity contribution is 6.60. The lowest BCUT2D eigenvalue weighted by molar-refractivity contribution is 0.0177. The van der Waals surface area contributed by atoms with Gasteiger partial charge in [-0.3, -0.25) is 4.90 Å². The molecule has 0 aromatic heterocycles. The highest BCUT2D eigenvalue weighted by atomic mass is 28.4. The van der Waals surface area contributed by atoms with E-state index in [-0.39, 0.29) is 6.10 Å². The van der Waals surface area contributed by atoms with Gasteiger partial charge in [0.1, 0.15) is 0 Å². The van der Waals surface area contributed by atoms with Crippen LogP contribution in [0.15, 0.2) is 30.3 Å². The van der Waals surface area contributed by atoms with Crippen molar-refractivity contribution in [3.63, 3.8) is 0 Å². The molecule has 0 amide bonds. The summed E-state index contributed by atoms with van der Waals surface area (Å²) in [5.74, 6) is 0. The van der Waals surface area contributed by atoms with E-state index in [0.717, 1.165) is 45.3 Å². The quantitative estimate of drug-likeness (QED) is 0.564. The second-order valence-corrected chi connectivity index (χ2v) is 8.63. The third-order valence-corrected chi connectivity index (χ3v) is 7.11. The molecule has 1 unspecified atom stereocenters. The van der Waals surface area contributed by atoms with Crippen molar-refractivity contribution in [1.29, 1.82) is 0 Å². The molecule has 1 aromatic rings. The number of nitrogens with zero attached hydrogens (tertiary/aromatic N) is 1. The zero-order valence-electron chi connectivity index (χ0n) is 14.5. The zero-order chi connectivity index (χ0) is 16.5. The van der Waals surface area contributed by atoms with E-state index in [2.05, 4.69) is 17.0 Å². The molecule has 23 heavy (non-hydrogen) atoms. The Bertz CT molecular complexity index is 441. The molecule has 1 aromatic carbocycles. The van der Waals surface area contributed by atoms with Crippen molar-refractivity contribution < 1.29 is 18.0 Å². The van der Waals surface area contributed by atoms with Gasteiger partial charge >= 0.3 is 8.80 Å². The van der Waals surface area contributed by atoms with Gasteiger partial charge in [-0.2, -0.15) is 0 Å². The van der Waals surface area contributed by atoms with Gasteiger partial charge in [0.25, 0.3) is 0 Å². The van der Waals surface area contributed by atoms with Crippen LogP contribution in [-0.2, 0) is 18.0 Å². The number of hydrogen-bond donors (Lipinski definition) is 0. The maximum Gasteiger partial charge on any atom is 0.501 e. The van der Waals surface area contributed by atoms with Crippen LogP contribution in [0.4, 0.5) is 0 Å². The molecule has 5 nitrogen and oxygen atoms in total. The van der Waals surface area contributed by atoms with Crippen LogP contribution in [-0.4, -0.2) is 60.8 Å². The van der Waals surface area contributed by atoms with Crippen molar-refractivity contribution in [2.45, 2.75) is 25.5 Å². The van der Waals surface area contributed by atoms with E-state index in [1.807, 2.05) is 25.1 Å². The molecular formula is C17H29NO4Si. The fourth-order valence-corrected chi connectivity index (χ4v) is 5.04. The third kappa shape index (κ3) is 5.38. The normalized spacial score (nSPS) is 22.5. The average molecular weight is 340 g/mol. The van der Waals surface area contributed by atoms with Gasteiger partial charge in [0.05, 0.1) is 12.7 Å². The molecule has 1 heterocycles. The molecule has 130 valence electrons. The maximum absolute atomic E-state index is 6.41. The molecule has 1 aliphatic heterocycles. The lowest BCUT2D eigenvalue weighted by Gasteiger charge is -2.37. The lowest BCUT2D eigenvalue weighted by atomic mass is 10.1. The smallest absolute Gasteiger partial charge is 0.380 e. The summed E-state index contributed by atoms with van der Waals surface area (Å²) < 4.78 is 23.3. The van der Waals surface area contributed by atoms with Crippen LogP contribution >= 0.6 is 0 Å². The van der Waals surface area contributed by atoms with E-state index in [4.69, 9.17) is 18.0 Å². The first-order valence-electron chi connectivity index (χ1n) is 8.36. The van der Waals surface area contributed by atoms with Gasteiger partial charge < -0.3 is 18.0 Å². The van der Waals surface area contributed by atoms with E-state index in [1.165, 1.54) is 5.56 Å². The van der Waals surface area contributed by atoms with Gasteiger partial charge in [0, 0.05) is 40.0 Å². The van der Waals surface area contributed by atoms with Crippen molar-refractivity contribution in [3.05, 3.63) is 35.9 Å². The summed E-state index contributed by atoms with van der Waals surface area (Å²) in [6.07, 6.45) is 0.978. The van der Waals surface area contributed by atoms with Gasteiger partial charge in [-0.05, 0) is 25.5 Å². The Balaban J connectivity index is 2.12. The maximum atomic E-state index is 6.41. The van der Waals surface area contributed by atoms with Gasteiger partial charge in [-0.25, -0.2) is 0 Å². The van der Waals surface area contributed by atoms with Crippen LogP contribution in [0.2, 0.25) is 6.04 Å². The Morgan fingerprint density at radius 2 is 1.96 bits per heavy atom. The largest absolute Gasteiger partial charge is 0.501 e. The Morgan fingerprint density at radius 3 is 2.61 bits per heavy atom. The molecule has 0 bridgehead atoms. The Hall–Kier alpha value is -0.763. The Kier molecular flexibility index (Phi) is 7.68. The number of rotatable bonds is 7. The van der Waals surface area contributed by atoms with Crippen molar-refractivity contribution in [2.24, 2.45) is 0 Å². The zero-order valence-corrected chi connectivity index (χ0v) is 15.5. The van der Waals surface area contributed by atoms with Gasteiger partial charge in [-0.1, -0.05) is 30.3 Å². The minimum atomic E-state index is -2.58. The van der Waals surface area contributed by atoms with Gasteiger partial charge in [0.15, 0.2) is 0 Å². The molecule has 2 rings (SSSR count). The molecule has 0 saturated carbocycles. The topological polar surface area (TPSA) is 40.2 Å². The van der Waals surface area contributed by atoms with Crippen molar-refractivity contribution in [2.75, 3.05) is 47.1 Å². The summed E-state index contributed by atoms with van der Waals surface area (Å²) in [6, 6.07) is 11.2. The molecule has 1 saturated heterocycles. The predicted molar refractivity (Wildman–Crippen MR) is 92.4 cm³/mol. The van der Waals surface area contributed by atoms with Crippen molar-refractivity contribution in [1.82, 2.24) is 4.90 Å². The molecule has 0 radical (unpaired) electrons.